The highest BCUT2D eigenvalue weighted by atomic mass is 16.6. The van der Waals surface area contributed by atoms with Gasteiger partial charge in [-0.25, -0.2) is 19.6 Å². The Kier molecular flexibility index (Phi) is 12.7. The number of oxazole rings is 1. The van der Waals surface area contributed by atoms with Gasteiger partial charge in [-0.1, -0.05) is 61.9 Å². The Bertz CT molecular complexity index is 1880. The minimum Gasteiger partial charge on any atom is -0.460 e. The molecule has 1 fully saturated rings. The number of cyclic esters (lactones) is 1. The highest BCUT2D eigenvalue weighted by molar-refractivity contribution is 5.95. The van der Waals surface area contributed by atoms with Crippen molar-refractivity contribution in [2.75, 3.05) is 25.0 Å². The number of ketones is 1. The van der Waals surface area contributed by atoms with Crippen LogP contribution in [0.25, 0.3) is 10.9 Å². The van der Waals surface area contributed by atoms with Crippen LogP contribution in [0.1, 0.15) is 56.4 Å². The molecule has 14 heteroatoms. The van der Waals surface area contributed by atoms with Crippen LogP contribution in [0.5, 0.6) is 0 Å². The van der Waals surface area contributed by atoms with E-state index in [0.717, 1.165) is 11.6 Å². The first kappa shape index (κ1) is 37.6. The second kappa shape index (κ2) is 17.5. The number of esters is 1. The van der Waals surface area contributed by atoms with Gasteiger partial charge in [0, 0.05) is 36.7 Å². The molecule has 52 heavy (non-hydrogen) atoms. The van der Waals surface area contributed by atoms with Crippen molar-refractivity contribution in [2.24, 2.45) is 11.8 Å². The maximum Gasteiger partial charge on any atom is 0.412 e. The molecule has 2 aliphatic rings. The molecule has 0 spiro atoms. The second-order valence-corrected chi connectivity index (χ2v) is 13.0. The van der Waals surface area contributed by atoms with Crippen molar-refractivity contribution in [3.8, 4) is 0 Å². The van der Waals surface area contributed by atoms with Gasteiger partial charge in [-0.15, -0.1) is 0 Å². The molecule has 0 saturated carbocycles. The third-order valence-corrected chi connectivity index (χ3v) is 8.76. The number of aliphatic hydroxyl groups is 1. The topological polar surface area (TPSA) is 190 Å². The molecule has 0 aliphatic carbocycles. The van der Waals surface area contributed by atoms with Gasteiger partial charge in [0.25, 0.3) is 5.91 Å². The smallest absolute Gasteiger partial charge is 0.412 e. The minimum atomic E-state index is -1.05. The number of hydrogen-bond donors (Lipinski definition) is 3. The number of allylic oxidation sites excluding steroid dienone is 2. The first-order chi connectivity index (χ1) is 25.0. The lowest BCUT2D eigenvalue weighted by Crippen LogP contribution is -2.44. The summed E-state index contributed by atoms with van der Waals surface area (Å²) in [7, 11) is 0. The second-order valence-electron chi connectivity index (χ2n) is 13.0. The normalized spacial score (nSPS) is 23.6. The third-order valence-electron chi connectivity index (χ3n) is 8.76. The van der Waals surface area contributed by atoms with Crippen LogP contribution in [0.15, 0.2) is 83.0 Å². The van der Waals surface area contributed by atoms with Gasteiger partial charge in [0.2, 0.25) is 11.8 Å². The number of benzene rings is 1. The first-order valence-electron chi connectivity index (χ1n) is 17.2. The van der Waals surface area contributed by atoms with Gasteiger partial charge in [0.05, 0.1) is 24.6 Å². The predicted octanol–water partition coefficient (Wildman–Crippen LogP) is 4.31. The molecule has 5 rings (SSSR count). The van der Waals surface area contributed by atoms with Gasteiger partial charge >= 0.3 is 12.1 Å². The Balaban J connectivity index is 1.32. The fraction of sp³-hybridized carbons (Fsp3) is 0.395. The number of amides is 3. The first-order valence-corrected chi connectivity index (χ1v) is 17.2. The van der Waals surface area contributed by atoms with Crippen LogP contribution in [-0.4, -0.2) is 87.6 Å². The van der Waals surface area contributed by atoms with E-state index in [2.05, 4.69) is 20.6 Å². The summed E-state index contributed by atoms with van der Waals surface area (Å²) in [5.74, 6) is -2.67. The molecule has 1 saturated heterocycles. The Labute approximate surface area is 301 Å². The van der Waals surface area contributed by atoms with Crippen LogP contribution in [-0.2, 0) is 30.3 Å². The molecule has 5 unspecified atom stereocenters. The molecule has 3 amide bonds. The number of ether oxygens (including phenoxy) is 2. The monoisotopic (exact) mass is 713 g/mol. The van der Waals surface area contributed by atoms with E-state index in [1.54, 1.807) is 45.1 Å². The van der Waals surface area contributed by atoms with E-state index in [0.29, 0.717) is 29.7 Å². The number of carbonyl (C=O) groups is 5. The van der Waals surface area contributed by atoms with Crippen molar-refractivity contribution in [1.82, 2.24) is 20.2 Å². The minimum absolute atomic E-state index is 0.0172. The lowest BCUT2D eigenvalue weighted by molar-refractivity contribution is -0.159. The van der Waals surface area contributed by atoms with E-state index >= 15 is 0 Å². The standard InChI is InChI=1S/C38H43N5O9/c1-23-8-6-16-39-33(46)15-12-24(2)35(25(3)21-51-38(49)42-32-14-13-26-9-4-5-10-29(26)40-32)52-37(48)31-11-7-17-43(31)36(47)30-22-50-34(41-30)20-28(45)19-27(44)18-23/h4-6,8-10,12-15,18,22,24-25,27,31,35,44H,7,11,16-17,19-21H2,1-3H3,(H,39,46)(H,40,42,49)/b8-6?,15-12+,23-18?. The quantitative estimate of drug-likeness (QED) is 0.327. The number of rotatable bonds is 4. The van der Waals surface area contributed by atoms with E-state index < -0.39 is 54.0 Å². The van der Waals surface area contributed by atoms with E-state index in [4.69, 9.17) is 13.9 Å². The van der Waals surface area contributed by atoms with Crippen molar-refractivity contribution in [3.63, 3.8) is 0 Å². The SMILES string of the molecule is CC1=CC(O)CC(=O)Cc2nc(co2)C(=O)N2CCCC2C(=O)OC(C(C)COC(=O)Nc2ccc3ccccc3n2)C(C)/C=C/C(=O)NCC=C1. The van der Waals surface area contributed by atoms with Gasteiger partial charge < -0.3 is 29.2 Å². The zero-order valence-corrected chi connectivity index (χ0v) is 29.3. The molecule has 1 aromatic carbocycles. The number of Topliss-reactive ketones (excluding diaryl/α,β-unsaturated/α-hetero) is 1. The number of fused-ring (bicyclic) bond motifs is 4. The van der Waals surface area contributed by atoms with Crippen LogP contribution in [0, 0.1) is 11.8 Å². The van der Waals surface area contributed by atoms with Gasteiger partial charge in [-0.3, -0.25) is 19.7 Å². The van der Waals surface area contributed by atoms with Crippen molar-refractivity contribution >= 4 is 46.4 Å². The number of aromatic nitrogens is 2. The van der Waals surface area contributed by atoms with Crippen LogP contribution in [0.4, 0.5) is 10.6 Å². The van der Waals surface area contributed by atoms with Gasteiger partial charge in [-0.2, -0.15) is 0 Å². The molecule has 2 aliphatic heterocycles. The lowest BCUT2D eigenvalue weighted by Gasteiger charge is -2.30. The molecule has 4 heterocycles. The number of hydrogen-bond acceptors (Lipinski definition) is 11. The van der Waals surface area contributed by atoms with E-state index in [1.807, 2.05) is 30.3 Å². The molecule has 2 bridgehead atoms. The van der Waals surface area contributed by atoms with E-state index in [9.17, 15) is 29.1 Å². The largest absolute Gasteiger partial charge is 0.460 e. The van der Waals surface area contributed by atoms with E-state index in [1.165, 1.54) is 17.1 Å². The Morgan fingerprint density at radius 3 is 2.77 bits per heavy atom. The van der Waals surface area contributed by atoms with Crippen LogP contribution in [0.3, 0.4) is 0 Å². The van der Waals surface area contributed by atoms with Gasteiger partial charge in [0.1, 0.15) is 30.0 Å². The summed E-state index contributed by atoms with van der Waals surface area (Å²) < 4.78 is 17.0. The summed E-state index contributed by atoms with van der Waals surface area (Å²) in [6.45, 7) is 5.61. The number of anilines is 1. The zero-order chi connectivity index (χ0) is 37.2. The van der Waals surface area contributed by atoms with Gasteiger partial charge in [-0.05, 0) is 44.0 Å². The molecule has 14 nitrogen and oxygen atoms in total. The number of pyridine rings is 1. The van der Waals surface area contributed by atoms with Crippen LogP contribution in [0.2, 0.25) is 0 Å². The summed E-state index contributed by atoms with van der Waals surface area (Å²) in [5.41, 5.74) is 1.33. The fourth-order valence-corrected chi connectivity index (χ4v) is 6.13. The fourth-order valence-electron chi connectivity index (χ4n) is 6.13. The van der Waals surface area contributed by atoms with Crippen molar-refractivity contribution in [2.45, 2.75) is 64.7 Å². The van der Waals surface area contributed by atoms with Crippen molar-refractivity contribution in [3.05, 3.63) is 90.2 Å². The summed E-state index contributed by atoms with van der Waals surface area (Å²) in [6, 6.07) is 10.0. The Morgan fingerprint density at radius 2 is 1.94 bits per heavy atom. The Morgan fingerprint density at radius 1 is 1.13 bits per heavy atom. The molecule has 274 valence electrons. The summed E-state index contributed by atoms with van der Waals surface area (Å²) in [6.07, 6.45) is 6.84. The Hall–Kier alpha value is -5.63. The van der Waals surface area contributed by atoms with Crippen molar-refractivity contribution in [1.29, 1.82) is 0 Å². The third kappa shape index (κ3) is 10.2. The summed E-state index contributed by atoms with van der Waals surface area (Å²) in [4.78, 5) is 75.2. The number of nitrogens with zero attached hydrogens (tertiary/aromatic N) is 3. The number of aliphatic hydroxyl groups excluding tert-OH is 1. The molecular weight excluding hydrogens is 670 g/mol. The average molecular weight is 714 g/mol. The van der Waals surface area contributed by atoms with Crippen LogP contribution < -0.4 is 10.6 Å². The highest BCUT2D eigenvalue weighted by Crippen LogP contribution is 2.26. The maximum atomic E-state index is 13.7. The molecule has 2 aromatic heterocycles. The molecule has 5 atom stereocenters. The van der Waals surface area contributed by atoms with Crippen molar-refractivity contribution < 1.29 is 43.0 Å². The molecule has 0 radical (unpaired) electrons. The predicted molar refractivity (Wildman–Crippen MR) is 190 cm³/mol. The highest BCUT2D eigenvalue weighted by Gasteiger charge is 2.39. The average Bonchev–Trinajstić information content (AvgIpc) is 3.80. The zero-order valence-electron chi connectivity index (χ0n) is 29.3. The number of nitrogens with one attached hydrogen (secondary N) is 2. The maximum absolute atomic E-state index is 13.7. The summed E-state index contributed by atoms with van der Waals surface area (Å²) >= 11 is 0. The molecule has 3 N–H and O–H groups in total. The molecular formula is C38H43N5O9. The number of carbonyl (C=O) groups excluding carboxylic acids is 5. The number of para-hydroxylation sites is 1. The summed E-state index contributed by atoms with van der Waals surface area (Å²) in [5, 5.41) is 16.7. The van der Waals surface area contributed by atoms with Gasteiger partial charge in [0.15, 0.2) is 5.69 Å². The van der Waals surface area contributed by atoms with E-state index in [-0.39, 0.29) is 49.9 Å². The molecule has 3 aromatic rings. The lowest BCUT2D eigenvalue weighted by atomic mass is 9.93. The van der Waals surface area contributed by atoms with Crippen LogP contribution >= 0.6 is 0 Å².